The number of halogens is 1. The van der Waals surface area contributed by atoms with Gasteiger partial charge in [-0.05, 0) is 0 Å². The number of hydrogen-bond donors (Lipinski definition) is 1. The minimum atomic E-state index is 0.312. The molecule has 1 aliphatic heterocycles. The van der Waals surface area contributed by atoms with Gasteiger partial charge >= 0.3 is 0 Å². The summed E-state index contributed by atoms with van der Waals surface area (Å²) in [4.78, 5) is 6.69. The van der Waals surface area contributed by atoms with Gasteiger partial charge in [-0.15, -0.1) is 0 Å². The van der Waals surface area contributed by atoms with Crippen molar-refractivity contribution >= 4 is 28.1 Å². The molecule has 0 aliphatic carbocycles. The van der Waals surface area contributed by atoms with Crippen molar-refractivity contribution in [2.24, 2.45) is 0 Å². The van der Waals surface area contributed by atoms with E-state index in [1.165, 1.54) is 11.3 Å². The lowest BCUT2D eigenvalue weighted by atomic mass is 10.2. The van der Waals surface area contributed by atoms with Crippen LogP contribution in [0, 0.1) is 11.3 Å². The van der Waals surface area contributed by atoms with E-state index < -0.39 is 0 Å². The monoisotopic (exact) mass is 228 g/mol. The lowest BCUT2D eigenvalue weighted by Crippen LogP contribution is -2.56. The minimum Gasteiger partial charge on any atom is -0.346 e. The first kappa shape index (κ1) is 9.71. The fraction of sp³-hybridized carbons (Fsp3) is 0.500. The van der Waals surface area contributed by atoms with Gasteiger partial charge in [0.15, 0.2) is 10.3 Å². The van der Waals surface area contributed by atoms with Crippen molar-refractivity contribution in [3.8, 4) is 6.07 Å². The second-order valence-corrected chi connectivity index (χ2v) is 4.49. The van der Waals surface area contributed by atoms with Crippen molar-refractivity contribution < 1.29 is 0 Å². The summed E-state index contributed by atoms with van der Waals surface area (Å²) >= 11 is 7.13. The van der Waals surface area contributed by atoms with E-state index in [-0.39, 0.29) is 0 Å². The van der Waals surface area contributed by atoms with Crippen molar-refractivity contribution in [1.29, 1.82) is 5.26 Å². The third-order valence-corrected chi connectivity index (χ3v) is 3.72. The Morgan fingerprint density at radius 3 is 2.86 bits per heavy atom. The second kappa shape index (κ2) is 3.73. The lowest BCUT2D eigenvalue weighted by molar-refractivity contribution is 0.428. The number of nitrogens with one attached hydrogen (secondary N) is 1. The summed E-state index contributed by atoms with van der Waals surface area (Å²) in [6.45, 7) is 1.94. The molecule has 1 aromatic heterocycles. The van der Waals surface area contributed by atoms with Crippen LogP contribution in [-0.4, -0.2) is 31.2 Å². The van der Waals surface area contributed by atoms with Crippen LogP contribution in [-0.2, 0) is 0 Å². The highest BCUT2D eigenvalue weighted by molar-refractivity contribution is 7.16. The fourth-order valence-electron chi connectivity index (χ4n) is 1.21. The third-order valence-electron chi connectivity index (χ3n) is 2.29. The van der Waals surface area contributed by atoms with Crippen LogP contribution < -0.4 is 10.2 Å². The topological polar surface area (TPSA) is 52.0 Å². The van der Waals surface area contributed by atoms with Crippen molar-refractivity contribution in [3.05, 3.63) is 10.0 Å². The van der Waals surface area contributed by atoms with Crippen molar-refractivity contribution in [3.63, 3.8) is 0 Å². The zero-order chi connectivity index (χ0) is 10.1. The van der Waals surface area contributed by atoms with Crippen LogP contribution in [0.15, 0.2) is 0 Å². The Balaban J connectivity index is 2.19. The Bertz CT molecular complexity index is 379. The van der Waals surface area contributed by atoms with E-state index in [9.17, 15) is 0 Å². The van der Waals surface area contributed by atoms with E-state index in [0.29, 0.717) is 16.1 Å². The van der Waals surface area contributed by atoms with Gasteiger partial charge in [-0.1, -0.05) is 22.9 Å². The van der Waals surface area contributed by atoms with Gasteiger partial charge in [-0.2, -0.15) is 5.26 Å². The average molecular weight is 229 g/mol. The normalized spacial score (nSPS) is 16.1. The molecular formula is C8H9ClN4S. The molecule has 14 heavy (non-hydrogen) atoms. The minimum absolute atomic E-state index is 0.312. The Morgan fingerprint density at radius 1 is 1.71 bits per heavy atom. The summed E-state index contributed by atoms with van der Waals surface area (Å²) < 4.78 is 0. The summed E-state index contributed by atoms with van der Waals surface area (Å²) in [6, 6.07) is 2.50. The van der Waals surface area contributed by atoms with E-state index in [4.69, 9.17) is 16.9 Å². The van der Waals surface area contributed by atoms with Gasteiger partial charge in [0.05, 0.1) is 6.04 Å². The van der Waals surface area contributed by atoms with Gasteiger partial charge in [0.25, 0.3) is 0 Å². The molecule has 0 radical (unpaired) electrons. The highest BCUT2D eigenvalue weighted by atomic mass is 35.5. The molecule has 1 saturated heterocycles. The number of nitriles is 1. The van der Waals surface area contributed by atoms with Crippen LogP contribution in [0.3, 0.4) is 0 Å². The molecule has 0 spiro atoms. The Hall–Kier alpha value is -0.830. The quantitative estimate of drug-likeness (QED) is 0.823. The van der Waals surface area contributed by atoms with Crippen LogP contribution >= 0.6 is 22.9 Å². The van der Waals surface area contributed by atoms with Crippen molar-refractivity contribution in [1.82, 2.24) is 10.3 Å². The molecule has 0 bridgehead atoms. The van der Waals surface area contributed by atoms with E-state index >= 15 is 0 Å². The molecule has 0 unspecified atom stereocenters. The summed E-state index contributed by atoms with van der Waals surface area (Å²) in [5.74, 6) is 0. The van der Waals surface area contributed by atoms with E-state index in [0.717, 1.165) is 18.2 Å². The number of likely N-dealkylation sites (N-methyl/N-ethyl adjacent to an activating group) is 1. The molecule has 1 fully saturated rings. The summed E-state index contributed by atoms with van der Waals surface area (Å²) in [5.41, 5.74) is 0. The van der Waals surface area contributed by atoms with Gasteiger partial charge < -0.3 is 10.2 Å². The zero-order valence-corrected chi connectivity index (χ0v) is 9.19. The van der Waals surface area contributed by atoms with Crippen LogP contribution in [0.2, 0.25) is 5.15 Å². The maximum Gasteiger partial charge on any atom is 0.188 e. The molecule has 2 heterocycles. The predicted molar refractivity (Wildman–Crippen MR) is 56.9 cm³/mol. The average Bonchev–Trinajstić information content (AvgIpc) is 2.43. The summed E-state index contributed by atoms with van der Waals surface area (Å²) in [5, 5.41) is 13.0. The second-order valence-electron chi connectivity index (χ2n) is 3.15. The van der Waals surface area contributed by atoms with Gasteiger partial charge in [-0.3, -0.25) is 0 Å². The maximum atomic E-state index is 8.73. The highest BCUT2D eigenvalue weighted by Gasteiger charge is 2.24. The Morgan fingerprint density at radius 2 is 2.43 bits per heavy atom. The van der Waals surface area contributed by atoms with Crippen molar-refractivity contribution in [2.45, 2.75) is 6.04 Å². The molecule has 1 N–H and O–H groups in total. The number of nitrogens with zero attached hydrogens (tertiary/aromatic N) is 3. The molecule has 2 rings (SSSR count). The molecule has 6 heteroatoms. The van der Waals surface area contributed by atoms with Gasteiger partial charge in [0.1, 0.15) is 10.9 Å². The molecule has 0 saturated carbocycles. The van der Waals surface area contributed by atoms with Crippen LogP contribution in [0.25, 0.3) is 0 Å². The van der Waals surface area contributed by atoms with Crippen molar-refractivity contribution in [2.75, 3.05) is 25.0 Å². The number of hydrogen-bond acceptors (Lipinski definition) is 5. The Kier molecular flexibility index (Phi) is 2.59. The maximum absolute atomic E-state index is 8.73. The molecule has 1 aliphatic rings. The fourth-order valence-corrected chi connectivity index (χ4v) is 2.29. The number of rotatable bonds is 2. The molecular weight excluding hydrogens is 220 g/mol. The number of thiazole rings is 1. The first-order chi connectivity index (χ1) is 6.72. The highest BCUT2D eigenvalue weighted by Crippen LogP contribution is 2.29. The molecule has 0 atom stereocenters. The first-order valence-electron chi connectivity index (χ1n) is 4.22. The third kappa shape index (κ3) is 1.57. The van der Waals surface area contributed by atoms with E-state index in [1.54, 1.807) is 0 Å². The van der Waals surface area contributed by atoms with E-state index in [2.05, 4.69) is 15.2 Å². The SMILES string of the molecule is CN(c1nc(Cl)c(C#N)s1)C1CNC1. The summed E-state index contributed by atoms with van der Waals surface area (Å²) in [6.07, 6.45) is 0. The van der Waals surface area contributed by atoms with Gasteiger partial charge in [0.2, 0.25) is 0 Å². The van der Waals surface area contributed by atoms with Gasteiger partial charge in [0, 0.05) is 20.1 Å². The number of aromatic nitrogens is 1. The molecule has 1 aromatic rings. The van der Waals surface area contributed by atoms with E-state index in [1.807, 2.05) is 13.1 Å². The largest absolute Gasteiger partial charge is 0.346 e. The molecule has 0 aromatic carbocycles. The molecule has 0 amide bonds. The zero-order valence-electron chi connectivity index (χ0n) is 7.62. The smallest absolute Gasteiger partial charge is 0.188 e. The molecule has 4 nitrogen and oxygen atoms in total. The van der Waals surface area contributed by atoms with Crippen LogP contribution in [0.5, 0.6) is 0 Å². The summed E-state index contributed by atoms with van der Waals surface area (Å²) in [7, 11) is 1.97. The number of anilines is 1. The molecule has 74 valence electrons. The van der Waals surface area contributed by atoms with Crippen LogP contribution in [0.1, 0.15) is 4.88 Å². The van der Waals surface area contributed by atoms with Crippen LogP contribution in [0.4, 0.5) is 5.13 Å². The first-order valence-corrected chi connectivity index (χ1v) is 5.42. The lowest BCUT2D eigenvalue weighted by Gasteiger charge is -2.35. The Labute approximate surface area is 91.1 Å². The standard InChI is InChI=1S/C8H9ClN4S/c1-13(5-3-11-4-5)8-12-7(9)6(2-10)14-8/h5,11H,3-4H2,1H3. The predicted octanol–water partition coefficient (Wildman–Crippen LogP) is 1.08. The van der Waals surface area contributed by atoms with Gasteiger partial charge in [-0.25, -0.2) is 4.98 Å².